The minimum absolute atomic E-state index is 0.0639. The van der Waals surface area contributed by atoms with Crippen molar-refractivity contribution in [3.8, 4) is 39.9 Å². The molecule has 1 atom stereocenters. The summed E-state index contributed by atoms with van der Waals surface area (Å²) in [6, 6.07) is 13.1. The van der Waals surface area contributed by atoms with Gasteiger partial charge in [0.25, 0.3) is 0 Å². The van der Waals surface area contributed by atoms with E-state index in [9.17, 15) is 17.2 Å². The number of methoxy groups -OCH3 is 2. The van der Waals surface area contributed by atoms with E-state index in [1.807, 2.05) is 0 Å². The van der Waals surface area contributed by atoms with Gasteiger partial charge in [-0.15, -0.1) is 6.58 Å². The molecule has 2 N–H and O–H groups in total. The first-order valence-corrected chi connectivity index (χ1v) is 13.8. The minimum Gasteiger partial charge on any atom is -0.493 e. The summed E-state index contributed by atoms with van der Waals surface area (Å²) < 4.78 is 84.0. The van der Waals surface area contributed by atoms with Crippen LogP contribution in [0.1, 0.15) is 22.8 Å². The van der Waals surface area contributed by atoms with Gasteiger partial charge in [-0.2, -0.15) is 8.78 Å². The summed E-state index contributed by atoms with van der Waals surface area (Å²) in [6.07, 6.45) is 0.818. The molecule has 0 radical (unpaired) electrons. The van der Waals surface area contributed by atoms with Crippen LogP contribution < -0.4 is 28.8 Å². The van der Waals surface area contributed by atoms with E-state index in [2.05, 4.69) is 6.58 Å². The smallest absolute Gasteiger partial charge is 0.387 e. The number of benzene rings is 3. The number of fused-ring (bicyclic) bond motifs is 3. The normalized spacial score (nSPS) is 14.1. The molecule has 1 aliphatic rings. The molecule has 9 nitrogen and oxygen atoms in total. The summed E-state index contributed by atoms with van der Waals surface area (Å²) in [6.45, 7) is 0.996. The van der Waals surface area contributed by atoms with Gasteiger partial charge in [0.05, 0.1) is 38.7 Å². The Hall–Kier alpha value is -3.87. The number of hydrogen-bond acceptors (Lipinski definition) is 8. The van der Waals surface area contributed by atoms with Crippen molar-refractivity contribution >= 4 is 10.0 Å². The molecule has 0 fully saturated rings. The zero-order valence-electron chi connectivity index (χ0n) is 21.9. The molecular formula is C28H29F2NO8S. The number of alkyl halides is 2. The first-order valence-electron chi connectivity index (χ1n) is 12.1. The van der Waals surface area contributed by atoms with E-state index in [4.69, 9.17) is 33.6 Å². The van der Waals surface area contributed by atoms with Crippen LogP contribution in [0, 0.1) is 0 Å². The van der Waals surface area contributed by atoms with E-state index in [0.717, 1.165) is 0 Å². The second-order valence-corrected chi connectivity index (χ2v) is 10.3. The van der Waals surface area contributed by atoms with Gasteiger partial charge in [-0.1, -0.05) is 30.3 Å². The lowest BCUT2D eigenvalue weighted by atomic mass is 9.87. The molecule has 1 unspecified atom stereocenters. The summed E-state index contributed by atoms with van der Waals surface area (Å²) in [4.78, 5) is 0. The van der Waals surface area contributed by atoms with Gasteiger partial charge in [-0.05, 0) is 35.4 Å². The van der Waals surface area contributed by atoms with Gasteiger partial charge >= 0.3 is 6.61 Å². The van der Waals surface area contributed by atoms with Gasteiger partial charge in [-0.25, -0.2) is 13.6 Å². The number of hydrogen-bond donors (Lipinski definition) is 1. The highest BCUT2D eigenvalue weighted by atomic mass is 32.2. The molecule has 1 heterocycles. The lowest BCUT2D eigenvalue weighted by molar-refractivity contribution is -0.0514. The number of nitrogens with two attached hydrogens (primary N) is 1. The van der Waals surface area contributed by atoms with Crippen LogP contribution in [0.3, 0.4) is 0 Å². The maximum atomic E-state index is 13.6. The Balaban J connectivity index is 1.86. The second kappa shape index (κ2) is 12.5. The molecule has 214 valence electrons. The summed E-state index contributed by atoms with van der Waals surface area (Å²) in [5.74, 6) is 0.617. The molecule has 0 saturated carbocycles. The highest BCUT2D eigenvalue weighted by Gasteiger charge is 2.33. The Bertz CT molecular complexity index is 1480. The quantitative estimate of drug-likeness (QED) is 0.227. The number of ether oxygens (including phenoxy) is 6. The van der Waals surface area contributed by atoms with Crippen molar-refractivity contribution in [2.45, 2.75) is 18.5 Å². The van der Waals surface area contributed by atoms with Gasteiger partial charge in [0, 0.05) is 11.1 Å². The van der Waals surface area contributed by atoms with E-state index >= 15 is 0 Å². The molecule has 3 aromatic carbocycles. The third-order valence-electron chi connectivity index (χ3n) is 6.00. The molecule has 3 aromatic rings. The lowest BCUT2D eigenvalue weighted by Gasteiger charge is -2.31. The topological polar surface area (TPSA) is 116 Å². The monoisotopic (exact) mass is 577 g/mol. The molecular weight excluding hydrogens is 548 g/mol. The third-order valence-corrected chi connectivity index (χ3v) is 6.74. The van der Waals surface area contributed by atoms with Crippen LogP contribution in [-0.4, -0.2) is 49.1 Å². The first kappa shape index (κ1) is 29.1. The van der Waals surface area contributed by atoms with Crippen molar-refractivity contribution in [3.63, 3.8) is 0 Å². The summed E-state index contributed by atoms with van der Waals surface area (Å²) >= 11 is 0. The molecule has 0 aliphatic carbocycles. The highest BCUT2D eigenvalue weighted by Crippen LogP contribution is 2.53. The molecule has 40 heavy (non-hydrogen) atoms. The predicted octanol–water partition coefficient (Wildman–Crippen LogP) is 4.82. The summed E-state index contributed by atoms with van der Waals surface area (Å²) in [5, 5.41) is 5.29. The fourth-order valence-electron chi connectivity index (χ4n) is 4.43. The van der Waals surface area contributed by atoms with E-state index in [1.165, 1.54) is 20.3 Å². The van der Waals surface area contributed by atoms with Crippen LogP contribution in [0.5, 0.6) is 28.7 Å². The Morgan fingerprint density at radius 2 is 1.77 bits per heavy atom. The summed E-state index contributed by atoms with van der Waals surface area (Å²) in [5.41, 5.74) is 2.27. The van der Waals surface area contributed by atoms with Crippen LogP contribution in [-0.2, 0) is 20.5 Å². The van der Waals surface area contributed by atoms with Gasteiger partial charge in [-0.3, -0.25) is 0 Å². The van der Waals surface area contributed by atoms with Crippen LogP contribution >= 0.6 is 0 Å². The van der Waals surface area contributed by atoms with Gasteiger partial charge in [0.2, 0.25) is 10.0 Å². The van der Waals surface area contributed by atoms with Gasteiger partial charge in [0.1, 0.15) is 18.5 Å². The lowest BCUT2D eigenvalue weighted by Crippen LogP contribution is -2.19. The van der Waals surface area contributed by atoms with Crippen LogP contribution in [0.4, 0.5) is 8.78 Å². The van der Waals surface area contributed by atoms with E-state index in [0.29, 0.717) is 40.4 Å². The SMILES string of the molecule is C=CCOCCOc1ccc2c(c1OC(F)F)-c1ccc(CS(N)(=O)=O)cc1C(c1ccc(OC)c(OC)c1)O2. The Morgan fingerprint density at radius 1 is 1.02 bits per heavy atom. The van der Waals surface area contributed by atoms with Crippen LogP contribution in [0.25, 0.3) is 11.1 Å². The maximum absolute atomic E-state index is 13.6. The van der Waals surface area contributed by atoms with Crippen molar-refractivity contribution in [3.05, 3.63) is 77.9 Å². The van der Waals surface area contributed by atoms with Crippen molar-refractivity contribution in [1.29, 1.82) is 0 Å². The number of rotatable bonds is 13. The van der Waals surface area contributed by atoms with Crippen molar-refractivity contribution in [2.24, 2.45) is 5.14 Å². The van der Waals surface area contributed by atoms with E-state index < -0.39 is 28.5 Å². The number of primary sulfonamides is 1. The Morgan fingerprint density at radius 3 is 2.45 bits per heavy atom. The Labute approximate surface area is 231 Å². The Kier molecular flexibility index (Phi) is 9.13. The van der Waals surface area contributed by atoms with Crippen molar-refractivity contribution in [1.82, 2.24) is 0 Å². The van der Waals surface area contributed by atoms with E-state index in [-0.39, 0.29) is 36.0 Å². The molecule has 0 aromatic heterocycles. The third kappa shape index (κ3) is 6.64. The zero-order chi connectivity index (χ0) is 28.9. The zero-order valence-corrected chi connectivity index (χ0v) is 22.7. The average Bonchev–Trinajstić information content (AvgIpc) is 2.91. The molecule has 0 amide bonds. The first-order chi connectivity index (χ1) is 19.1. The van der Waals surface area contributed by atoms with Gasteiger partial charge in [0.15, 0.2) is 23.0 Å². The minimum atomic E-state index is -3.85. The van der Waals surface area contributed by atoms with Crippen LogP contribution in [0.15, 0.2) is 61.2 Å². The molecule has 4 rings (SSSR count). The molecule has 0 bridgehead atoms. The van der Waals surface area contributed by atoms with Crippen molar-refractivity contribution in [2.75, 3.05) is 34.0 Å². The standard InChI is InChI=1S/C28H29F2NO8S/c1-4-11-36-12-13-37-23-10-9-22-25(27(23)39-28(29)30)19-7-5-17(16-40(31,32)33)14-20(19)26(38-22)18-6-8-21(34-2)24(15-18)35-3/h4-10,14-15,26,28H,1,11-13,16H2,2-3H3,(H2,31,32,33). The fourth-order valence-corrected chi connectivity index (χ4v) is 5.07. The summed E-state index contributed by atoms with van der Waals surface area (Å²) in [7, 11) is -0.849. The molecule has 0 spiro atoms. The largest absolute Gasteiger partial charge is 0.493 e. The van der Waals surface area contributed by atoms with E-state index in [1.54, 1.807) is 48.5 Å². The average molecular weight is 578 g/mol. The molecule has 0 saturated heterocycles. The predicted molar refractivity (Wildman–Crippen MR) is 144 cm³/mol. The fraction of sp³-hybridized carbons (Fsp3) is 0.286. The van der Waals surface area contributed by atoms with Crippen molar-refractivity contribution < 1.29 is 45.6 Å². The van der Waals surface area contributed by atoms with Crippen LogP contribution in [0.2, 0.25) is 0 Å². The highest BCUT2D eigenvalue weighted by molar-refractivity contribution is 7.88. The number of sulfonamides is 1. The second-order valence-electron chi connectivity index (χ2n) is 8.70. The molecule has 1 aliphatic heterocycles. The maximum Gasteiger partial charge on any atom is 0.387 e. The number of halogens is 2. The van der Waals surface area contributed by atoms with Gasteiger partial charge < -0.3 is 28.4 Å². The molecule has 12 heteroatoms.